The monoisotopic (exact) mass is 565 g/mol. The first kappa shape index (κ1) is 27.4. The molecular formula is C31H24ClF4N3O. The lowest BCUT2D eigenvalue weighted by molar-refractivity contribution is -0.136. The van der Waals surface area contributed by atoms with Crippen molar-refractivity contribution >= 4 is 28.4 Å². The number of hydrogen-bond donors (Lipinski definition) is 1. The number of rotatable bonds is 7. The highest BCUT2D eigenvalue weighted by atomic mass is 35.5. The van der Waals surface area contributed by atoms with Crippen molar-refractivity contribution < 1.29 is 22.4 Å². The minimum absolute atomic E-state index is 0.0941. The van der Waals surface area contributed by atoms with Crippen molar-refractivity contribution in [3.63, 3.8) is 0 Å². The Balaban J connectivity index is 1.60. The molecule has 0 bridgehead atoms. The van der Waals surface area contributed by atoms with Gasteiger partial charge in [-0.3, -0.25) is 9.48 Å². The maximum Gasteiger partial charge on any atom is 0.418 e. The van der Waals surface area contributed by atoms with Crippen LogP contribution in [0.15, 0.2) is 84.9 Å². The first-order valence-corrected chi connectivity index (χ1v) is 13.0. The first-order chi connectivity index (χ1) is 19.1. The van der Waals surface area contributed by atoms with Gasteiger partial charge in [-0.05, 0) is 60.9 Å². The maximum atomic E-state index is 14.7. The smallest absolute Gasteiger partial charge is 0.352 e. The third-order valence-electron chi connectivity index (χ3n) is 6.55. The van der Waals surface area contributed by atoms with Gasteiger partial charge >= 0.3 is 6.18 Å². The highest BCUT2D eigenvalue weighted by molar-refractivity contribution is 6.30. The number of nitrogens with one attached hydrogen (secondary N) is 1. The summed E-state index contributed by atoms with van der Waals surface area (Å²) >= 11 is 5.90. The zero-order chi connectivity index (χ0) is 28.4. The fourth-order valence-electron chi connectivity index (χ4n) is 4.76. The van der Waals surface area contributed by atoms with Gasteiger partial charge in [0.15, 0.2) is 0 Å². The van der Waals surface area contributed by atoms with Gasteiger partial charge in [-0.15, -0.1) is 0 Å². The van der Waals surface area contributed by atoms with Crippen LogP contribution in [-0.4, -0.2) is 22.2 Å². The second kappa shape index (κ2) is 11.1. The maximum absolute atomic E-state index is 14.7. The van der Waals surface area contributed by atoms with Crippen LogP contribution >= 0.6 is 11.6 Å². The Morgan fingerprint density at radius 3 is 2.40 bits per heavy atom. The van der Waals surface area contributed by atoms with Gasteiger partial charge in [0.2, 0.25) is 0 Å². The number of carbonyl (C=O) groups is 1. The van der Waals surface area contributed by atoms with E-state index in [9.17, 15) is 22.4 Å². The van der Waals surface area contributed by atoms with Gasteiger partial charge in [-0.1, -0.05) is 60.1 Å². The molecule has 4 nitrogen and oxygen atoms in total. The number of benzene rings is 4. The van der Waals surface area contributed by atoms with Gasteiger partial charge in [-0.2, -0.15) is 18.3 Å². The number of nitrogens with zero attached hydrogens (tertiary/aromatic N) is 2. The molecular weight excluding hydrogens is 542 g/mol. The van der Waals surface area contributed by atoms with E-state index in [1.165, 1.54) is 22.9 Å². The molecule has 1 N–H and O–H groups in total. The highest BCUT2D eigenvalue weighted by Gasteiger charge is 2.34. The summed E-state index contributed by atoms with van der Waals surface area (Å²) in [4.78, 5) is 12.3. The summed E-state index contributed by atoms with van der Waals surface area (Å²) in [6, 6.07) is 22.8. The van der Waals surface area contributed by atoms with E-state index in [0.29, 0.717) is 35.2 Å². The molecule has 1 heterocycles. The van der Waals surface area contributed by atoms with Gasteiger partial charge in [0.25, 0.3) is 5.91 Å². The summed E-state index contributed by atoms with van der Waals surface area (Å²) in [5.41, 5.74) is 2.58. The Labute approximate surface area is 233 Å². The zero-order valence-electron chi connectivity index (χ0n) is 21.4. The van der Waals surface area contributed by atoms with Crippen LogP contribution in [0.2, 0.25) is 5.02 Å². The molecule has 0 saturated heterocycles. The summed E-state index contributed by atoms with van der Waals surface area (Å²) in [5.74, 6) is -0.738. The first-order valence-electron chi connectivity index (χ1n) is 12.6. The summed E-state index contributed by atoms with van der Waals surface area (Å²) < 4.78 is 57.8. The molecule has 4 aromatic carbocycles. The molecule has 0 saturated carbocycles. The molecule has 40 heavy (non-hydrogen) atoms. The summed E-state index contributed by atoms with van der Waals surface area (Å²) in [6.07, 6.45) is -4.12. The Morgan fingerprint density at radius 1 is 0.950 bits per heavy atom. The standard InChI is InChI=1S/C31H24ClF4N3O/c1-2-37-30(40)22-9-4-7-20(16-22)14-19-6-3-8-21(15-19)29-25-10-5-11-26(31(34,35)36)28(25)38-39(29)18-23-12-13-24(32)17-27(23)33/h3-13,15-17H,2,14,18H2,1H3,(H,37,40). The lowest BCUT2D eigenvalue weighted by Gasteiger charge is -2.11. The highest BCUT2D eigenvalue weighted by Crippen LogP contribution is 2.38. The molecule has 1 amide bonds. The third-order valence-corrected chi connectivity index (χ3v) is 6.78. The predicted octanol–water partition coefficient (Wildman–Crippen LogP) is 7.90. The van der Waals surface area contributed by atoms with Crippen LogP contribution in [-0.2, 0) is 19.1 Å². The Hall–Kier alpha value is -4.17. The molecule has 9 heteroatoms. The third kappa shape index (κ3) is 5.72. The SMILES string of the molecule is CCNC(=O)c1cccc(Cc2cccc(-c3c4cccc(C(F)(F)F)c4nn3Cc3ccc(Cl)cc3F)c2)c1. The average Bonchev–Trinajstić information content (AvgIpc) is 3.28. The van der Waals surface area contributed by atoms with Gasteiger partial charge in [0.1, 0.15) is 11.3 Å². The molecule has 0 fully saturated rings. The largest absolute Gasteiger partial charge is 0.418 e. The summed E-state index contributed by atoms with van der Waals surface area (Å²) in [5, 5.41) is 7.64. The molecule has 5 aromatic rings. The lowest BCUT2D eigenvalue weighted by Crippen LogP contribution is -2.22. The van der Waals surface area contributed by atoms with Gasteiger partial charge in [0, 0.05) is 33.6 Å². The van der Waals surface area contributed by atoms with E-state index in [2.05, 4.69) is 10.4 Å². The van der Waals surface area contributed by atoms with Crippen molar-refractivity contribution in [2.75, 3.05) is 6.54 Å². The van der Waals surface area contributed by atoms with E-state index >= 15 is 0 Å². The molecule has 0 aliphatic heterocycles. The van der Waals surface area contributed by atoms with E-state index in [0.717, 1.165) is 23.3 Å². The van der Waals surface area contributed by atoms with Crippen LogP contribution in [0, 0.1) is 5.82 Å². The second-order valence-corrected chi connectivity index (χ2v) is 9.81. The number of halogens is 5. The van der Waals surface area contributed by atoms with Gasteiger partial charge in [-0.25, -0.2) is 4.39 Å². The molecule has 0 aliphatic carbocycles. The Morgan fingerprint density at radius 2 is 1.68 bits per heavy atom. The Bertz CT molecular complexity index is 1710. The molecule has 204 valence electrons. The van der Waals surface area contributed by atoms with Crippen molar-refractivity contribution in [2.24, 2.45) is 0 Å². The fourth-order valence-corrected chi connectivity index (χ4v) is 4.92. The quantitative estimate of drug-likeness (QED) is 0.204. The van der Waals surface area contributed by atoms with Crippen LogP contribution in [0.25, 0.3) is 22.2 Å². The predicted molar refractivity (Wildman–Crippen MR) is 148 cm³/mol. The van der Waals surface area contributed by atoms with E-state index in [-0.39, 0.29) is 28.6 Å². The molecule has 1 aromatic heterocycles. The van der Waals surface area contributed by atoms with Crippen molar-refractivity contribution in [3.05, 3.63) is 124 Å². The molecule has 0 atom stereocenters. The number of fused-ring (bicyclic) bond motifs is 1. The van der Waals surface area contributed by atoms with Crippen molar-refractivity contribution in [2.45, 2.75) is 26.1 Å². The molecule has 0 unspecified atom stereocenters. The molecule has 0 aliphatic rings. The van der Waals surface area contributed by atoms with Crippen molar-refractivity contribution in [1.29, 1.82) is 0 Å². The van der Waals surface area contributed by atoms with Crippen LogP contribution in [0.5, 0.6) is 0 Å². The number of aromatic nitrogens is 2. The average molecular weight is 566 g/mol. The fraction of sp³-hybridized carbons (Fsp3) is 0.161. The van der Waals surface area contributed by atoms with E-state index in [1.54, 1.807) is 18.2 Å². The summed E-state index contributed by atoms with van der Waals surface area (Å²) in [6.45, 7) is 2.27. The number of alkyl halides is 3. The van der Waals surface area contributed by atoms with Crippen LogP contribution < -0.4 is 5.32 Å². The van der Waals surface area contributed by atoms with Crippen LogP contribution in [0.1, 0.15) is 39.5 Å². The molecule has 5 rings (SSSR count). The van der Waals surface area contributed by atoms with E-state index in [1.807, 2.05) is 43.3 Å². The zero-order valence-corrected chi connectivity index (χ0v) is 22.2. The molecule has 0 radical (unpaired) electrons. The number of carbonyl (C=O) groups excluding carboxylic acids is 1. The molecule has 0 spiro atoms. The van der Waals surface area contributed by atoms with Crippen molar-refractivity contribution in [3.8, 4) is 11.3 Å². The van der Waals surface area contributed by atoms with E-state index < -0.39 is 17.6 Å². The number of amides is 1. The second-order valence-electron chi connectivity index (χ2n) is 9.38. The van der Waals surface area contributed by atoms with Crippen molar-refractivity contribution in [1.82, 2.24) is 15.1 Å². The number of hydrogen-bond acceptors (Lipinski definition) is 2. The summed E-state index contributed by atoms with van der Waals surface area (Å²) in [7, 11) is 0. The van der Waals surface area contributed by atoms with E-state index in [4.69, 9.17) is 11.6 Å². The normalized spacial score (nSPS) is 11.7. The van der Waals surface area contributed by atoms with Gasteiger partial charge in [0.05, 0.1) is 17.8 Å². The van der Waals surface area contributed by atoms with Crippen LogP contribution in [0.3, 0.4) is 0 Å². The minimum atomic E-state index is -4.61. The lowest BCUT2D eigenvalue weighted by atomic mass is 9.98. The topological polar surface area (TPSA) is 46.9 Å². The Kier molecular flexibility index (Phi) is 7.63. The van der Waals surface area contributed by atoms with Crippen LogP contribution in [0.4, 0.5) is 17.6 Å². The minimum Gasteiger partial charge on any atom is -0.352 e. The van der Waals surface area contributed by atoms with Gasteiger partial charge < -0.3 is 5.32 Å².